The van der Waals surface area contributed by atoms with Gasteiger partial charge in [0.05, 0.1) is 0 Å². The summed E-state index contributed by atoms with van der Waals surface area (Å²) >= 11 is 0. The highest BCUT2D eigenvalue weighted by molar-refractivity contribution is 5.75. The maximum absolute atomic E-state index is 11.2. The number of piperazine rings is 1. The number of hydrogen-bond donors (Lipinski definition) is 1. The van der Waals surface area contributed by atoms with Crippen LogP contribution in [0.25, 0.3) is 0 Å². The number of aryl methyl sites for hydroxylation is 2. The van der Waals surface area contributed by atoms with Gasteiger partial charge in [0.15, 0.2) is 0 Å². The van der Waals surface area contributed by atoms with E-state index in [0.29, 0.717) is 6.54 Å². The standard InChI is InChI=1S/C14H20N2O2/c1-10-4-5-12(8-11(10)2)16-7-6-15(3)13(9-16)14(17)18/h4-5,8,13H,6-7,9H2,1-3H3,(H,17,18). The van der Waals surface area contributed by atoms with Gasteiger partial charge in [-0.15, -0.1) is 0 Å². The molecular weight excluding hydrogens is 228 g/mol. The Kier molecular flexibility index (Phi) is 3.57. The van der Waals surface area contributed by atoms with Gasteiger partial charge >= 0.3 is 5.97 Å². The summed E-state index contributed by atoms with van der Waals surface area (Å²) in [7, 11) is 1.87. The fourth-order valence-corrected chi connectivity index (χ4v) is 2.30. The summed E-state index contributed by atoms with van der Waals surface area (Å²) in [5.41, 5.74) is 3.64. The number of nitrogens with zero attached hydrogens (tertiary/aromatic N) is 2. The van der Waals surface area contributed by atoms with E-state index in [4.69, 9.17) is 0 Å². The molecular formula is C14H20N2O2. The van der Waals surface area contributed by atoms with Crippen molar-refractivity contribution < 1.29 is 9.90 Å². The van der Waals surface area contributed by atoms with Gasteiger partial charge in [0.2, 0.25) is 0 Å². The molecule has 1 heterocycles. The van der Waals surface area contributed by atoms with E-state index in [9.17, 15) is 9.90 Å². The number of anilines is 1. The minimum atomic E-state index is -0.744. The molecule has 0 aliphatic carbocycles. The summed E-state index contributed by atoms with van der Waals surface area (Å²) < 4.78 is 0. The molecule has 1 atom stereocenters. The van der Waals surface area contributed by atoms with Gasteiger partial charge in [-0.1, -0.05) is 6.07 Å². The summed E-state index contributed by atoms with van der Waals surface area (Å²) in [6, 6.07) is 5.89. The van der Waals surface area contributed by atoms with Crippen molar-refractivity contribution >= 4 is 11.7 Å². The lowest BCUT2D eigenvalue weighted by atomic mass is 10.1. The van der Waals surface area contributed by atoms with E-state index in [-0.39, 0.29) is 0 Å². The number of rotatable bonds is 2. The largest absolute Gasteiger partial charge is 0.480 e. The van der Waals surface area contributed by atoms with Crippen molar-refractivity contribution in [2.24, 2.45) is 0 Å². The van der Waals surface area contributed by atoms with Crippen LogP contribution in [0.1, 0.15) is 11.1 Å². The lowest BCUT2D eigenvalue weighted by molar-refractivity contribution is -0.142. The first-order valence-electron chi connectivity index (χ1n) is 6.24. The van der Waals surface area contributed by atoms with E-state index in [0.717, 1.165) is 18.8 Å². The van der Waals surface area contributed by atoms with Gasteiger partial charge in [0.1, 0.15) is 6.04 Å². The van der Waals surface area contributed by atoms with Gasteiger partial charge in [0.25, 0.3) is 0 Å². The number of carbonyl (C=O) groups is 1. The molecule has 4 nitrogen and oxygen atoms in total. The average Bonchev–Trinajstić information content (AvgIpc) is 2.33. The van der Waals surface area contributed by atoms with Crippen LogP contribution >= 0.6 is 0 Å². The zero-order valence-electron chi connectivity index (χ0n) is 11.2. The zero-order chi connectivity index (χ0) is 13.3. The number of carboxylic acid groups (broad SMARTS) is 1. The van der Waals surface area contributed by atoms with E-state index in [1.165, 1.54) is 11.1 Å². The molecule has 1 unspecified atom stereocenters. The van der Waals surface area contributed by atoms with Gasteiger partial charge in [-0.3, -0.25) is 9.69 Å². The summed E-state index contributed by atoms with van der Waals surface area (Å²) in [4.78, 5) is 15.3. The van der Waals surface area contributed by atoms with Crippen molar-refractivity contribution in [3.63, 3.8) is 0 Å². The Morgan fingerprint density at radius 1 is 1.28 bits per heavy atom. The molecule has 1 N–H and O–H groups in total. The Morgan fingerprint density at radius 2 is 2.00 bits per heavy atom. The lowest BCUT2D eigenvalue weighted by Crippen LogP contribution is -2.54. The second-order valence-corrected chi connectivity index (χ2v) is 5.05. The SMILES string of the molecule is Cc1ccc(N2CCN(C)C(C(=O)O)C2)cc1C. The lowest BCUT2D eigenvalue weighted by Gasteiger charge is -2.38. The predicted molar refractivity (Wildman–Crippen MR) is 72.2 cm³/mol. The van der Waals surface area contributed by atoms with Crippen molar-refractivity contribution in [1.29, 1.82) is 0 Å². The molecule has 1 aromatic rings. The van der Waals surface area contributed by atoms with Gasteiger partial charge in [-0.2, -0.15) is 0 Å². The van der Waals surface area contributed by atoms with Crippen LogP contribution in [0.4, 0.5) is 5.69 Å². The van der Waals surface area contributed by atoms with Crippen LogP contribution < -0.4 is 4.90 Å². The second-order valence-electron chi connectivity index (χ2n) is 5.05. The summed E-state index contributed by atoms with van der Waals surface area (Å²) in [6.45, 7) is 6.38. The van der Waals surface area contributed by atoms with Crippen LogP contribution in [0.2, 0.25) is 0 Å². The molecule has 18 heavy (non-hydrogen) atoms. The molecule has 1 aromatic carbocycles. The average molecular weight is 248 g/mol. The number of hydrogen-bond acceptors (Lipinski definition) is 3. The van der Waals surface area contributed by atoms with Gasteiger partial charge in [-0.05, 0) is 44.2 Å². The highest BCUT2D eigenvalue weighted by atomic mass is 16.4. The zero-order valence-corrected chi connectivity index (χ0v) is 11.2. The summed E-state index contributed by atoms with van der Waals surface area (Å²) in [5.74, 6) is -0.744. The molecule has 98 valence electrons. The summed E-state index contributed by atoms with van der Waals surface area (Å²) in [6.07, 6.45) is 0. The van der Waals surface area contributed by atoms with Gasteiger partial charge < -0.3 is 10.0 Å². The van der Waals surface area contributed by atoms with Crippen LogP contribution in [0.15, 0.2) is 18.2 Å². The third-order valence-electron chi connectivity index (χ3n) is 3.79. The second kappa shape index (κ2) is 4.98. The van der Waals surface area contributed by atoms with Crippen molar-refractivity contribution in [2.75, 3.05) is 31.6 Å². The third kappa shape index (κ3) is 2.48. The minimum Gasteiger partial charge on any atom is -0.480 e. The molecule has 1 fully saturated rings. The van der Waals surface area contributed by atoms with E-state index in [2.05, 4.69) is 36.9 Å². The molecule has 4 heteroatoms. The molecule has 1 saturated heterocycles. The first-order chi connectivity index (χ1) is 8.49. The number of benzene rings is 1. The minimum absolute atomic E-state index is 0.416. The molecule has 0 spiro atoms. The van der Waals surface area contributed by atoms with Crippen molar-refractivity contribution in [3.05, 3.63) is 29.3 Å². The Hall–Kier alpha value is -1.55. The highest BCUT2D eigenvalue weighted by Gasteiger charge is 2.29. The highest BCUT2D eigenvalue weighted by Crippen LogP contribution is 2.21. The van der Waals surface area contributed by atoms with Gasteiger partial charge in [0, 0.05) is 25.3 Å². The fourth-order valence-electron chi connectivity index (χ4n) is 2.30. The molecule has 2 rings (SSSR count). The number of aliphatic carboxylic acids is 1. The number of carboxylic acids is 1. The Bertz CT molecular complexity index is 459. The molecule has 0 aromatic heterocycles. The smallest absolute Gasteiger partial charge is 0.322 e. The Balaban J connectivity index is 2.18. The van der Waals surface area contributed by atoms with Crippen molar-refractivity contribution in [3.8, 4) is 0 Å². The monoisotopic (exact) mass is 248 g/mol. The van der Waals surface area contributed by atoms with Crippen LogP contribution in [0.3, 0.4) is 0 Å². The third-order valence-corrected chi connectivity index (χ3v) is 3.79. The topological polar surface area (TPSA) is 43.8 Å². The fraction of sp³-hybridized carbons (Fsp3) is 0.500. The van der Waals surface area contributed by atoms with Crippen molar-refractivity contribution in [2.45, 2.75) is 19.9 Å². The van der Waals surface area contributed by atoms with E-state index < -0.39 is 12.0 Å². The van der Waals surface area contributed by atoms with Crippen LogP contribution in [-0.2, 0) is 4.79 Å². The molecule has 0 radical (unpaired) electrons. The maximum atomic E-state index is 11.2. The van der Waals surface area contributed by atoms with Crippen LogP contribution in [-0.4, -0.2) is 48.7 Å². The Labute approximate surface area is 108 Å². The van der Waals surface area contributed by atoms with E-state index >= 15 is 0 Å². The summed E-state index contributed by atoms with van der Waals surface area (Å²) in [5, 5.41) is 9.20. The molecule has 1 aliphatic rings. The predicted octanol–water partition coefficient (Wildman–Crippen LogP) is 1.51. The van der Waals surface area contributed by atoms with E-state index in [1.54, 1.807) is 0 Å². The number of likely N-dealkylation sites (N-methyl/N-ethyl adjacent to an activating group) is 1. The van der Waals surface area contributed by atoms with Crippen molar-refractivity contribution in [1.82, 2.24) is 4.90 Å². The first-order valence-corrected chi connectivity index (χ1v) is 6.24. The molecule has 0 saturated carbocycles. The molecule has 1 aliphatic heterocycles. The van der Waals surface area contributed by atoms with E-state index in [1.807, 2.05) is 11.9 Å². The first kappa shape index (κ1) is 12.9. The quantitative estimate of drug-likeness (QED) is 0.861. The Morgan fingerprint density at radius 3 is 2.61 bits per heavy atom. The van der Waals surface area contributed by atoms with Gasteiger partial charge in [-0.25, -0.2) is 0 Å². The molecule has 0 bridgehead atoms. The van der Waals surface area contributed by atoms with Crippen LogP contribution in [0, 0.1) is 13.8 Å². The maximum Gasteiger partial charge on any atom is 0.322 e. The normalized spacial score (nSPS) is 21.1. The molecule has 0 amide bonds. The van der Waals surface area contributed by atoms with Crippen LogP contribution in [0.5, 0.6) is 0 Å².